The Kier molecular flexibility index (Phi) is 5.62. The van der Waals surface area contributed by atoms with Crippen LogP contribution in [0.3, 0.4) is 0 Å². The molecule has 1 aromatic rings. The predicted molar refractivity (Wildman–Crippen MR) is 88.9 cm³/mol. The standard InChI is InChI=1S/C17H30N4O/c1-13-16(14(2)20(5)18-13)8-9-17(22)21-11-6-7-15(10-12-21)19(3)4/h15H,6-12H2,1-5H3. The van der Waals surface area contributed by atoms with E-state index in [4.69, 9.17) is 0 Å². The Hall–Kier alpha value is -1.36. The summed E-state index contributed by atoms with van der Waals surface area (Å²) >= 11 is 0. The quantitative estimate of drug-likeness (QED) is 0.853. The molecule has 0 radical (unpaired) electrons. The van der Waals surface area contributed by atoms with Gasteiger partial charge in [0.15, 0.2) is 0 Å². The molecule has 0 spiro atoms. The average Bonchev–Trinajstić information content (AvgIpc) is 2.67. The van der Waals surface area contributed by atoms with Gasteiger partial charge in [-0.05, 0) is 59.2 Å². The fourth-order valence-corrected chi connectivity index (χ4v) is 3.41. The van der Waals surface area contributed by atoms with E-state index in [0.717, 1.165) is 38.0 Å². The molecule has 22 heavy (non-hydrogen) atoms. The molecule has 5 nitrogen and oxygen atoms in total. The van der Waals surface area contributed by atoms with Gasteiger partial charge in [0.25, 0.3) is 0 Å². The van der Waals surface area contributed by atoms with E-state index >= 15 is 0 Å². The summed E-state index contributed by atoms with van der Waals surface area (Å²) in [5, 5.41) is 4.43. The van der Waals surface area contributed by atoms with Crippen LogP contribution in [0.5, 0.6) is 0 Å². The number of hydrogen-bond donors (Lipinski definition) is 0. The zero-order valence-electron chi connectivity index (χ0n) is 14.7. The van der Waals surface area contributed by atoms with Crippen molar-refractivity contribution in [2.75, 3.05) is 27.2 Å². The van der Waals surface area contributed by atoms with Crippen molar-refractivity contribution in [3.8, 4) is 0 Å². The van der Waals surface area contributed by atoms with Crippen molar-refractivity contribution >= 4 is 5.91 Å². The molecule has 1 saturated heterocycles. The van der Waals surface area contributed by atoms with Gasteiger partial charge in [-0.3, -0.25) is 9.48 Å². The molecule has 1 aromatic heterocycles. The van der Waals surface area contributed by atoms with E-state index in [1.807, 2.05) is 18.7 Å². The summed E-state index contributed by atoms with van der Waals surface area (Å²) in [6.45, 7) is 5.91. The van der Waals surface area contributed by atoms with Crippen LogP contribution in [-0.4, -0.2) is 58.7 Å². The molecule has 2 rings (SSSR count). The second kappa shape index (κ2) is 7.27. The first-order valence-electron chi connectivity index (χ1n) is 8.33. The van der Waals surface area contributed by atoms with Gasteiger partial charge >= 0.3 is 0 Å². The molecule has 5 heteroatoms. The summed E-state index contributed by atoms with van der Waals surface area (Å²) in [5.41, 5.74) is 3.46. The number of aryl methyl sites for hydroxylation is 2. The van der Waals surface area contributed by atoms with E-state index < -0.39 is 0 Å². The van der Waals surface area contributed by atoms with E-state index in [2.05, 4.69) is 35.9 Å². The summed E-state index contributed by atoms with van der Waals surface area (Å²) in [6.07, 6.45) is 4.79. The van der Waals surface area contributed by atoms with E-state index in [0.29, 0.717) is 18.4 Å². The van der Waals surface area contributed by atoms with Gasteiger partial charge in [-0.15, -0.1) is 0 Å². The average molecular weight is 306 g/mol. The van der Waals surface area contributed by atoms with Crippen LogP contribution in [0.2, 0.25) is 0 Å². The van der Waals surface area contributed by atoms with Crippen molar-refractivity contribution in [1.29, 1.82) is 0 Å². The van der Waals surface area contributed by atoms with Gasteiger partial charge in [0, 0.05) is 38.3 Å². The SMILES string of the molecule is Cc1nn(C)c(C)c1CCC(=O)N1CCCC(N(C)C)CC1. The minimum atomic E-state index is 0.294. The Balaban J connectivity index is 1.89. The molecular weight excluding hydrogens is 276 g/mol. The highest BCUT2D eigenvalue weighted by Crippen LogP contribution is 2.18. The molecule has 0 aromatic carbocycles. The second-order valence-electron chi connectivity index (χ2n) is 6.70. The number of carbonyl (C=O) groups is 1. The van der Waals surface area contributed by atoms with Crippen LogP contribution in [0, 0.1) is 13.8 Å². The molecule has 1 aliphatic heterocycles. The lowest BCUT2D eigenvalue weighted by Gasteiger charge is -2.23. The van der Waals surface area contributed by atoms with Crippen molar-refractivity contribution in [3.63, 3.8) is 0 Å². The molecule has 0 N–H and O–H groups in total. The lowest BCUT2D eigenvalue weighted by molar-refractivity contribution is -0.131. The molecule has 1 fully saturated rings. The maximum atomic E-state index is 12.5. The summed E-state index contributed by atoms with van der Waals surface area (Å²) in [6, 6.07) is 0.612. The van der Waals surface area contributed by atoms with Gasteiger partial charge in [-0.2, -0.15) is 5.10 Å². The molecule has 0 saturated carbocycles. The highest BCUT2D eigenvalue weighted by Gasteiger charge is 2.22. The van der Waals surface area contributed by atoms with Crippen LogP contribution in [-0.2, 0) is 18.3 Å². The smallest absolute Gasteiger partial charge is 0.222 e. The van der Waals surface area contributed by atoms with E-state index in [9.17, 15) is 4.79 Å². The highest BCUT2D eigenvalue weighted by molar-refractivity contribution is 5.76. The summed E-state index contributed by atoms with van der Waals surface area (Å²) in [7, 11) is 6.23. The number of likely N-dealkylation sites (tertiary alicyclic amines) is 1. The molecule has 1 atom stereocenters. The van der Waals surface area contributed by atoms with Crippen LogP contribution in [0.4, 0.5) is 0 Å². The number of rotatable bonds is 4. The summed E-state index contributed by atoms with van der Waals surface area (Å²) < 4.78 is 1.91. The minimum absolute atomic E-state index is 0.294. The second-order valence-corrected chi connectivity index (χ2v) is 6.70. The van der Waals surface area contributed by atoms with E-state index in [1.165, 1.54) is 17.7 Å². The van der Waals surface area contributed by atoms with Gasteiger partial charge in [-0.25, -0.2) is 0 Å². The third-order valence-corrected chi connectivity index (χ3v) is 5.03. The van der Waals surface area contributed by atoms with Crippen LogP contribution in [0.25, 0.3) is 0 Å². The third kappa shape index (κ3) is 3.88. The molecule has 1 aliphatic rings. The lowest BCUT2D eigenvalue weighted by atomic mass is 10.1. The zero-order chi connectivity index (χ0) is 16.3. The van der Waals surface area contributed by atoms with Crippen LogP contribution < -0.4 is 0 Å². The fourth-order valence-electron chi connectivity index (χ4n) is 3.41. The number of amides is 1. The minimum Gasteiger partial charge on any atom is -0.343 e. The van der Waals surface area contributed by atoms with E-state index in [-0.39, 0.29) is 0 Å². The van der Waals surface area contributed by atoms with Gasteiger partial charge < -0.3 is 9.80 Å². The Labute approximate surface area is 134 Å². The number of aromatic nitrogens is 2. The van der Waals surface area contributed by atoms with Crippen molar-refractivity contribution < 1.29 is 4.79 Å². The third-order valence-electron chi connectivity index (χ3n) is 5.03. The maximum Gasteiger partial charge on any atom is 0.222 e. The Morgan fingerprint density at radius 3 is 2.59 bits per heavy atom. The van der Waals surface area contributed by atoms with E-state index in [1.54, 1.807) is 0 Å². The monoisotopic (exact) mass is 306 g/mol. The molecule has 0 bridgehead atoms. The van der Waals surface area contributed by atoms with Gasteiger partial charge in [-0.1, -0.05) is 0 Å². The van der Waals surface area contributed by atoms with Crippen molar-refractivity contribution in [3.05, 3.63) is 17.0 Å². The molecule has 0 aliphatic carbocycles. The lowest BCUT2D eigenvalue weighted by Crippen LogP contribution is -2.34. The fraction of sp³-hybridized carbons (Fsp3) is 0.765. The first-order valence-corrected chi connectivity index (χ1v) is 8.33. The Bertz CT molecular complexity index is 521. The number of nitrogens with zero attached hydrogens (tertiary/aromatic N) is 4. The zero-order valence-corrected chi connectivity index (χ0v) is 14.7. The molecule has 1 amide bonds. The molecular formula is C17H30N4O. The van der Waals surface area contributed by atoms with Crippen molar-refractivity contribution in [1.82, 2.24) is 19.6 Å². The van der Waals surface area contributed by atoms with Crippen molar-refractivity contribution in [2.45, 2.75) is 52.0 Å². The maximum absolute atomic E-state index is 12.5. The first kappa shape index (κ1) is 17.0. The van der Waals surface area contributed by atoms with Crippen LogP contribution in [0.1, 0.15) is 42.6 Å². The highest BCUT2D eigenvalue weighted by atomic mass is 16.2. The first-order chi connectivity index (χ1) is 10.4. The van der Waals surface area contributed by atoms with Gasteiger partial charge in [0.2, 0.25) is 5.91 Å². The van der Waals surface area contributed by atoms with Crippen molar-refractivity contribution in [2.24, 2.45) is 7.05 Å². The Morgan fingerprint density at radius 2 is 2.00 bits per heavy atom. The van der Waals surface area contributed by atoms with Gasteiger partial charge in [0.05, 0.1) is 5.69 Å². The van der Waals surface area contributed by atoms with Crippen LogP contribution >= 0.6 is 0 Å². The summed E-state index contributed by atoms with van der Waals surface area (Å²) in [4.78, 5) is 16.9. The Morgan fingerprint density at radius 1 is 1.27 bits per heavy atom. The number of carbonyl (C=O) groups excluding carboxylic acids is 1. The number of hydrogen-bond acceptors (Lipinski definition) is 3. The normalized spacial score (nSPS) is 19.5. The van der Waals surface area contributed by atoms with Gasteiger partial charge in [0.1, 0.15) is 0 Å². The summed E-state index contributed by atoms with van der Waals surface area (Å²) in [5.74, 6) is 0.294. The largest absolute Gasteiger partial charge is 0.343 e. The predicted octanol–water partition coefficient (Wildman–Crippen LogP) is 1.91. The topological polar surface area (TPSA) is 41.4 Å². The van der Waals surface area contributed by atoms with Crippen LogP contribution in [0.15, 0.2) is 0 Å². The molecule has 2 heterocycles. The molecule has 124 valence electrons. The molecule has 1 unspecified atom stereocenters.